The molecule has 21 nitrogen and oxygen atoms in total. The van der Waals surface area contributed by atoms with E-state index >= 15 is 0 Å². The number of carbonyl (C=O) groups is 6. The Bertz CT molecular complexity index is 1620. The van der Waals surface area contributed by atoms with Gasteiger partial charge in [0.15, 0.2) is 49.3 Å². The summed E-state index contributed by atoms with van der Waals surface area (Å²) < 4.78 is 57.5. The van der Waals surface area contributed by atoms with Gasteiger partial charge in [-0.2, -0.15) is 0 Å². The van der Waals surface area contributed by atoms with Crippen molar-refractivity contribution in [3.05, 3.63) is 46.3 Å². The van der Waals surface area contributed by atoms with E-state index < -0.39 is 109 Å². The summed E-state index contributed by atoms with van der Waals surface area (Å²) in [4.78, 5) is 78.2. The van der Waals surface area contributed by atoms with Crippen molar-refractivity contribution in [2.75, 3.05) is 19.8 Å². The van der Waals surface area contributed by atoms with Gasteiger partial charge in [0.05, 0.1) is 6.61 Å². The second-order valence-electron chi connectivity index (χ2n) is 13.8. The lowest BCUT2D eigenvalue weighted by atomic mass is 9.94. The number of benzene rings is 1. The number of fused-ring (bicyclic) bond motifs is 1. The van der Waals surface area contributed by atoms with Crippen LogP contribution in [0.3, 0.4) is 0 Å². The van der Waals surface area contributed by atoms with Gasteiger partial charge in [-0.1, -0.05) is 35.4 Å². The number of alkyl carbamates (subject to hydrolysis) is 1. The highest BCUT2D eigenvalue weighted by atomic mass is 16.7. The molecule has 5 unspecified atom stereocenters. The third-order valence-electron chi connectivity index (χ3n) is 8.13. The zero-order valence-corrected chi connectivity index (χ0v) is 31.9. The lowest BCUT2D eigenvalue weighted by molar-refractivity contribution is -0.336. The van der Waals surface area contributed by atoms with Crippen molar-refractivity contribution >= 4 is 35.9 Å². The van der Waals surface area contributed by atoms with E-state index in [1.54, 1.807) is 45.0 Å². The van der Waals surface area contributed by atoms with Crippen LogP contribution in [0.1, 0.15) is 66.7 Å². The highest BCUT2D eigenvalue weighted by Gasteiger charge is 2.57. The van der Waals surface area contributed by atoms with Crippen LogP contribution in [0.5, 0.6) is 0 Å². The van der Waals surface area contributed by atoms with Crippen molar-refractivity contribution in [1.29, 1.82) is 0 Å². The van der Waals surface area contributed by atoms with Crippen LogP contribution in [0.15, 0.2) is 35.4 Å². The first kappa shape index (κ1) is 43.7. The highest BCUT2D eigenvalue weighted by Crippen LogP contribution is 2.37. The first-order chi connectivity index (χ1) is 26.5. The van der Waals surface area contributed by atoms with Crippen LogP contribution in [-0.4, -0.2) is 123 Å². The number of hydrogen-bond donors (Lipinski definition) is 2. The summed E-state index contributed by atoms with van der Waals surface area (Å²) in [5.41, 5.74) is 9.23. The molecule has 1 aromatic rings. The molecule has 0 aliphatic carbocycles. The predicted molar refractivity (Wildman–Crippen MR) is 185 cm³/mol. The Morgan fingerprint density at radius 1 is 0.821 bits per heavy atom. The van der Waals surface area contributed by atoms with E-state index in [9.17, 15) is 34.3 Å². The molecule has 0 radical (unpaired) electrons. The van der Waals surface area contributed by atoms with Gasteiger partial charge >= 0.3 is 30.0 Å². The molecular formula is C35H47N5O16. The van der Waals surface area contributed by atoms with Crippen molar-refractivity contribution in [2.45, 2.75) is 128 Å². The van der Waals surface area contributed by atoms with Gasteiger partial charge in [-0.25, -0.2) is 4.79 Å². The van der Waals surface area contributed by atoms with Crippen LogP contribution >= 0.6 is 0 Å². The van der Waals surface area contributed by atoms with Gasteiger partial charge in [0, 0.05) is 51.3 Å². The molecule has 0 aromatic heterocycles. The van der Waals surface area contributed by atoms with E-state index in [1.807, 2.05) is 6.07 Å². The van der Waals surface area contributed by atoms with E-state index in [0.29, 0.717) is 5.56 Å². The van der Waals surface area contributed by atoms with Crippen molar-refractivity contribution in [1.82, 2.24) is 10.6 Å². The van der Waals surface area contributed by atoms with E-state index in [4.69, 9.17) is 47.4 Å². The van der Waals surface area contributed by atoms with Crippen LogP contribution in [0, 0.1) is 0 Å². The maximum absolute atomic E-state index is 14.2. The number of carbonyl (C=O) groups excluding carboxylic acids is 6. The molecule has 11 atom stereocenters. The Balaban J connectivity index is 1.65. The third kappa shape index (κ3) is 12.2. The molecule has 3 aliphatic rings. The van der Waals surface area contributed by atoms with Gasteiger partial charge in [-0.3, -0.25) is 24.0 Å². The average molecular weight is 794 g/mol. The van der Waals surface area contributed by atoms with Crippen LogP contribution in [0.25, 0.3) is 10.4 Å². The van der Waals surface area contributed by atoms with E-state index in [0.717, 1.165) is 20.8 Å². The van der Waals surface area contributed by atoms with Gasteiger partial charge < -0.3 is 58.0 Å². The maximum Gasteiger partial charge on any atom is 0.407 e. The summed E-state index contributed by atoms with van der Waals surface area (Å²) in [6.07, 6.45) is -15.9. The van der Waals surface area contributed by atoms with Crippen molar-refractivity contribution in [3.63, 3.8) is 0 Å². The molecule has 3 heterocycles. The molecule has 21 heteroatoms. The largest absolute Gasteiger partial charge is 0.457 e. The van der Waals surface area contributed by atoms with Crippen molar-refractivity contribution in [3.8, 4) is 0 Å². The summed E-state index contributed by atoms with van der Waals surface area (Å²) >= 11 is 0. The lowest BCUT2D eigenvalue weighted by Crippen LogP contribution is -2.69. The van der Waals surface area contributed by atoms with Gasteiger partial charge in [-0.05, 0) is 32.7 Å². The number of azide groups is 1. The number of nitrogens with one attached hydrogen (secondary N) is 2. The van der Waals surface area contributed by atoms with Gasteiger partial charge in [-0.15, -0.1) is 0 Å². The molecular weight excluding hydrogens is 746 g/mol. The monoisotopic (exact) mass is 793 g/mol. The molecule has 0 bridgehead atoms. The SMILES string of the molecule is CC(=O)OC1[C@H](N=[N+]=[N-])OC(C(=O)N[C@@H]2OC3COC(c4ccccc4)O[C@@H]3[C@H](OC(C)=O)C2OCCCNC(=O)OC(C)(C)C)[C@H](OC(C)=O)[C@@H]1OC(C)=O. The second-order valence-corrected chi connectivity index (χ2v) is 13.8. The summed E-state index contributed by atoms with van der Waals surface area (Å²) in [6, 6.07) is 8.97. The molecule has 1 aromatic carbocycles. The molecule has 2 N–H and O–H groups in total. The van der Waals surface area contributed by atoms with Gasteiger partial charge in [0.2, 0.25) is 0 Å². The number of amides is 2. The zero-order valence-electron chi connectivity index (χ0n) is 31.9. The molecule has 308 valence electrons. The molecule has 0 saturated carbocycles. The van der Waals surface area contributed by atoms with Crippen LogP contribution in [0.2, 0.25) is 0 Å². The highest BCUT2D eigenvalue weighted by molar-refractivity contribution is 5.83. The average Bonchev–Trinajstić information content (AvgIpc) is 3.10. The predicted octanol–water partition coefficient (Wildman–Crippen LogP) is 2.00. The Hall–Kier alpha value is -5.05. The van der Waals surface area contributed by atoms with Crippen molar-refractivity contribution < 1.29 is 76.1 Å². The summed E-state index contributed by atoms with van der Waals surface area (Å²) in [7, 11) is 0. The minimum Gasteiger partial charge on any atom is -0.457 e. The molecule has 3 saturated heterocycles. The topological polar surface area (TPSA) is 268 Å². The minimum absolute atomic E-state index is 0.0719. The normalized spacial score (nSPS) is 29.9. The molecule has 3 aliphatic heterocycles. The van der Waals surface area contributed by atoms with E-state index in [-0.39, 0.29) is 26.2 Å². The smallest absolute Gasteiger partial charge is 0.407 e. The minimum atomic E-state index is -1.88. The quantitative estimate of drug-likeness (QED) is 0.0722. The number of nitrogens with zero attached hydrogens (tertiary/aromatic N) is 3. The zero-order chi connectivity index (χ0) is 41.2. The van der Waals surface area contributed by atoms with E-state index in [1.165, 1.54) is 6.92 Å². The van der Waals surface area contributed by atoms with E-state index in [2.05, 4.69) is 20.7 Å². The lowest BCUT2D eigenvalue weighted by Gasteiger charge is -2.49. The maximum atomic E-state index is 14.2. The van der Waals surface area contributed by atoms with Crippen LogP contribution in [-0.2, 0) is 71.3 Å². The Morgan fingerprint density at radius 2 is 1.43 bits per heavy atom. The fourth-order valence-electron chi connectivity index (χ4n) is 6.15. The molecule has 56 heavy (non-hydrogen) atoms. The molecule has 2 amide bonds. The van der Waals surface area contributed by atoms with Crippen LogP contribution < -0.4 is 10.6 Å². The Kier molecular flexibility index (Phi) is 15.4. The number of ether oxygens (including phenoxy) is 10. The number of hydrogen-bond acceptors (Lipinski definition) is 17. The number of esters is 4. The summed E-state index contributed by atoms with van der Waals surface area (Å²) in [6.45, 7) is 9.35. The molecule has 3 fully saturated rings. The third-order valence-corrected chi connectivity index (χ3v) is 8.13. The second kappa shape index (κ2) is 19.7. The Morgan fingerprint density at radius 3 is 2.04 bits per heavy atom. The fourth-order valence-corrected chi connectivity index (χ4v) is 6.15. The molecule has 0 spiro atoms. The van der Waals surface area contributed by atoms with Gasteiger partial charge in [0.25, 0.3) is 5.91 Å². The first-order valence-corrected chi connectivity index (χ1v) is 17.7. The van der Waals surface area contributed by atoms with Crippen LogP contribution in [0.4, 0.5) is 4.79 Å². The summed E-state index contributed by atoms with van der Waals surface area (Å²) in [5.74, 6) is -4.52. The summed E-state index contributed by atoms with van der Waals surface area (Å²) in [5, 5.41) is 8.72. The van der Waals surface area contributed by atoms with Gasteiger partial charge in [0.1, 0.15) is 23.9 Å². The fraction of sp³-hybridized carbons (Fsp3) is 0.657. The molecule has 4 rings (SSSR count). The standard InChI is InChI=1S/C35H47N5O16/c1-17(41)49-24-23-22(16-48-33(55-23)21-12-9-8-10-13-21)53-31(28(24)47-15-11-14-37-34(46)56-35(5,6)7)38-30(45)27-25(50-18(2)42)26(51-19(3)43)29(52-20(4)44)32(54-27)39-40-36/h8-10,12-13,22-29,31-33H,11,14-16H2,1-7H3,(H,37,46)(H,38,45)/t22?,23-,24-,25+,26-,27?,28?,29?,31+,32+,33?/m0/s1. The number of rotatable bonds is 13. The first-order valence-electron chi connectivity index (χ1n) is 17.7. The Labute approximate surface area is 321 Å². The van der Waals surface area contributed by atoms with Crippen molar-refractivity contribution in [2.24, 2.45) is 5.11 Å².